The predicted octanol–water partition coefficient (Wildman–Crippen LogP) is 1.38. The first kappa shape index (κ1) is 14.9. The van der Waals surface area contributed by atoms with Crippen molar-refractivity contribution >= 4 is 9.84 Å². The van der Waals surface area contributed by atoms with Gasteiger partial charge >= 0.3 is 0 Å². The van der Waals surface area contributed by atoms with E-state index in [1.165, 1.54) is 0 Å². The highest BCUT2D eigenvalue weighted by molar-refractivity contribution is 7.91. The fourth-order valence-electron chi connectivity index (χ4n) is 2.05. The first-order valence-corrected chi connectivity index (χ1v) is 8.11. The lowest BCUT2D eigenvalue weighted by Crippen LogP contribution is -2.27. The fraction of sp³-hybridized carbons (Fsp3) is 1.00. The molecule has 0 atom stereocenters. The molecule has 0 aromatic heterocycles. The van der Waals surface area contributed by atoms with Gasteiger partial charge in [-0.2, -0.15) is 0 Å². The summed E-state index contributed by atoms with van der Waals surface area (Å²) in [5.74, 6) is 0.527. The summed E-state index contributed by atoms with van der Waals surface area (Å²) in [4.78, 5) is 0. The molecule has 0 unspecified atom stereocenters. The third-order valence-corrected chi connectivity index (χ3v) is 5.66. The highest BCUT2D eigenvalue weighted by Crippen LogP contribution is 2.25. The van der Waals surface area contributed by atoms with Gasteiger partial charge in [-0.1, -0.05) is 0 Å². The summed E-state index contributed by atoms with van der Waals surface area (Å²) in [5.41, 5.74) is 0. The van der Waals surface area contributed by atoms with Crippen molar-refractivity contribution in [3.63, 3.8) is 0 Å². The van der Waals surface area contributed by atoms with Gasteiger partial charge in [-0.3, -0.25) is 0 Å². The van der Waals surface area contributed by atoms with Gasteiger partial charge in [-0.15, -0.1) is 0 Å². The Bertz CT molecular complexity index is 302. The van der Waals surface area contributed by atoms with E-state index in [1.807, 2.05) is 0 Å². The minimum Gasteiger partial charge on any atom is -0.396 e. The standard InChI is InChI=1S/C12H24O4S/c1-10(2)17(14,15)8-7-16-12-5-3-11(9-13)4-6-12/h10-13H,3-9H2,1-2H3. The van der Waals surface area contributed by atoms with Crippen LogP contribution in [0, 0.1) is 5.92 Å². The molecule has 0 amide bonds. The van der Waals surface area contributed by atoms with E-state index in [4.69, 9.17) is 9.84 Å². The summed E-state index contributed by atoms with van der Waals surface area (Å²) in [6, 6.07) is 0. The predicted molar refractivity (Wildman–Crippen MR) is 67.7 cm³/mol. The zero-order valence-corrected chi connectivity index (χ0v) is 11.6. The van der Waals surface area contributed by atoms with Gasteiger partial charge < -0.3 is 9.84 Å². The van der Waals surface area contributed by atoms with E-state index >= 15 is 0 Å². The molecule has 0 aromatic rings. The van der Waals surface area contributed by atoms with Gasteiger partial charge in [0.2, 0.25) is 0 Å². The van der Waals surface area contributed by atoms with Crippen molar-refractivity contribution in [2.75, 3.05) is 19.0 Å². The highest BCUT2D eigenvalue weighted by Gasteiger charge is 2.22. The lowest BCUT2D eigenvalue weighted by atomic mass is 9.88. The Morgan fingerprint density at radius 1 is 1.24 bits per heavy atom. The van der Waals surface area contributed by atoms with E-state index in [0.29, 0.717) is 12.5 Å². The summed E-state index contributed by atoms with van der Waals surface area (Å²) in [5, 5.41) is 8.68. The Labute approximate surface area is 104 Å². The average molecular weight is 264 g/mol. The lowest BCUT2D eigenvalue weighted by molar-refractivity contribution is 0.0192. The number of aliphatic hydroxyl groups is 1. The van der Waals surface area contributed by atoms with Crippen LogP contribution in [0.15, 0.2) is 0 Å². The number of ether oxygens (including phenoxy) is 1. The van der Waals surface area contributed by atoms with Gasteiger partial charge in [0.25, 0.3) is 0 Å². The van der Waals surface area contributed by atoms with Crippen LogP contribution in [0.25, 0.3) is 0 Å². The first-order valence-electron chi connectivity index (χ1n) is 6.39. The SMILES string of the molecule is CC(C)S(=O)(=O)CCOC1CCC(CO)CC1. The van der Waals surface area contributed by atoms with Crippen molar-refractivity contribution in [1.82, 2.24) is 0 Å². The van der Waals surface area contributed by atoms with Crippen LogP contribution in [0.3, 0.4) is 0 Å². The Hall–Kier alpha value is -0.130. The third kappa shape index (κ3) is 4.94. The van der Waals surface area contributed by atoms with Gasteiger partial charge in [0.05, 0.1) is 23.7 Å². The molecule has 0 heterocycles. The van der Waals surface area contributed by atoms with Gasteiger partial charge in [0, 0.05) is 6.61 Å². The van der Waals surface area contributed by atoms with E-state index < -0.39 is 9.84 Å². The van der Waals surface area contributed by atoms with Crippen LogP contribution in [0.4, 0.5) is 0 Å². The molecule has 1 N–H and O–H groups in total. The second kappa shape index (κ2) is 6.71. The van der Waals surface area contributed by atoms with Crippen LogP contribution in [-0.4, -0.2) is 43.8 Å². The van der Waals surface area contributed by atoms with Crippen LogP contribution in [-0.2, 0) is 14.6 Å². The maximum absolute atomic E-state index is 11.6. The van der Waals surface area contributed by atoms with Crippen LogP contribution >= 0.6 is 0 Å². The van der Waals surface area contributed by atoms with E-state index in [2.05, 4.69) is 0 Å². The number of aliphatic hydroxyl groups excluding tert-OH is 1. The molecule has 0 radical (unpaired) electrons. The van der Waals surface area contributed by atoms with Gasteiger partial charge in [-0.25, -0.2) is 8.42 Å². The molecule has 1 aliphatic rings. The number of sulfone groups is 1. The highest BCUT2D eigenvalue weighted by atomic mass is 32.2. The molecule has 0 saturated heterocycles. The van der Waals surface area contributed by atoms with Crippen molar-refractivity contribution in [2.45, 2.75) is 50.9 Å². The number of rotatable bonds is 6. The van der Waals surface area contributed by atoms with Crippen molar-refractivity contribution in [3.05, 3.63) is 0 Å². The van der Waals surface area contributed by atoms with E-state index in [0.717, 1.165) is 25.7 Å². The van der Waals surface area contributed by atoms with Gasteiger partial charge in [0.1, 0.15) is 0 Å². The van der Waals surface area contributed by atoms with Crippen molar-refractivity contribution in [2.24, 2.45) is 5.92 Å². The Morgan fingerprint density at radius 2 is 1.82 bits per heavy atom. The molecule has 1 saturated carbocycles. The Morgan fingerprint density at radius 3 is 2.29 bits per heavy atom. The molecule has 0 spiro atoms. The molecule has 5 heteroatoms. The molecule has 0 aliphatic heterocycles. The normalized spacial score (nSPS) is 26.4. The minimum atomic E-state index is -2.98. The molecule has 102 valence electrons. The molecule has 4 nitrogen and oxygen atoms in total. The summed E-state index contributed by atoms with van der Waals surface area (Å²) in [7, 11) is -2.98. The van der Waals surface area contributed by atoms with Gasteiger partial charge in [-0.05, 0) is 45.4 Å². The molecule has 1 rings (SSSR count). The summed E-state index contributed by atoms with van der Waals surface area (Å²) < 4.78 is 28.7. The van der Waals surface area contributed by atoms with Crippen LogP contribution in [0.1, 0.15) is 39.5 Å². The van der Waals surface area contributed by atoms with Crippen molar-refractivity contribution in [1.29, 1.82) is 0 Å². The topological polar surface area (TPSA) is 63.6 Å². The zero-order valence-electron chi connectivity index (χ0n) is 10.8. The van der Waals surface area contributed by atoms with E-state index in [1.54, 1.807) is 13.8 Å². The maximum atomic E-state index is 11.6. The Kier molecular flexibility index (Phi) is 5.89. The molecule has 0 aromatic carbocycles. The monoisotopic (exact) mass is 264 g/mol. The number of hydrogen-bond donors (Lipinski definition) is 1. The third-order valence-electron chi connectivity index (χ3n) is 3.49. The zero-order chi connectivity index (χ0) is 12.9. The second-order valence-electron chi connectivity index (χ2n) is 5.11. The van der Waals surface area contributed by atoms with Crippen molar-refractivity contribution < 1.29 is 18.3 Å². The lowest BCUT2D eigenvalue weighted by Gasteiger charge is -2.27. The van der Waals surface area contributed by atoms with Crippen LogP contribution in [0.5, 0.6) is 0 Å². The number of hydrogen-bond acceptors (Lipinski definition) is 4. The Balaban J connectivity index is 2.20. The summed E-state index contributed by atoms with van der Waals surface area (Å²) >= 11 is 0. The first-order chi connectivity index (χ1) is 7.95. The molecular weight excluding hydrogens is 240 g/mol. The average Bonchev–Trinajstić information content (AvgIpc) is 2.29. The van der Waals surface area contributed by atoms with E-state index in [9.17, 15) is 8.42 Å². The maximum Gasteiger partial charge on any atom is 0.154 e. The molecule has 17 heavy (non-hydrogen) atoms. The second-order valence-corrected chi connectivity index (χ2v) is 7.79. The fourth-order valence-corrected chi connectivity index (χ4v) is 2.85. The minimum absolute atomic E-state index is 0.116. The molecule has 0 bridgehead atoms. The van der Waals surface area contributed by atoms with Gasteiger partial charge in [0.15, 0.2) is 9.84 Å². The molecular formula is C12H24O4S. The van der Waals surface area contributed by atoms with Crippen molar-refractivity contribution in [3.8, 4) is 0 Å². The van der Waals surface area contributed by atoms with Crippen LogP contribution in [0.2, 0.25) is 0 Å². The summed E-state index contributed by atoms with van der Waals surface area (Å²) in [6.07, 6.45) is 4.02. The largest absolute Gasteiger partial charge is 0.396 e. The molecule has 1 aliphatic carbocycles. The quantitative estimate of drug-likeness (QED) is 0.787. The summed E-state index contributed by atoms with van der Waals surface area (Å²) in [6.45, 7) is 3.95. The molecule has 1 fully saturated rings. The van der Waals surface area contributed by atoms with Crippen LogP contribution < -0.4 is 0 Å². The smallest absolute Gasteiger partial charge is 0.154 e. The van der Waals surface area contributed by atoms with E-state index in [-0.39, 0.29) is 23.7 Å².